The maximum absolute atomic E-state index is 9.10. The maximum Gasteiger partial charge on any atom is 0.414 e. The standard InChI is InChI=1S/C12H19NO3.C2H2O4/c1-14-7-6-13-9-10-4-5-11(15-2)12(8-10)16-3;3-1(4)2(5)6/h4-5,8,13H,6-7,9H2,1-3H3;(H,3,4)(H,5,6). The average molecular weight is 315 g/mol. The molecule has 0 amide bonds. The number of ether oxygens (including phenoxy) is 3. The Kier molecular flexibility index (Phi) is 10.2. The topological polar surface area (TPSA) is 114 Å². The van der Waals surface area contributed by atoms with E-state index in [2.05, 4.69) is 5.32 Å². The van der Waals surface area contributed by atoms with Crippen LogP contribution in [0.15, 0.2) is 18.2 Å². The van der Waals surface area contributed by atoms with E-state index in [9.17, 15) is 0 Å². The molecule has 0 unspecified atom stereocenters. The molecule has 8 nitrogen and oxygen atoms in total. The molecule has 0 aliphatic rings. The first-order valence-corrected chi connectivity index (χ1v) is 6.33. The molecule has 0 radical (unpaired) electrons. The average Bonchev–Trinajstić information content (AvgIpc) is 2.51. The fourth-order valence-corrected chi connectivity index (χ4v) is 1.40. The third kappa shape index (κ3) is 8.08. The molecule has 0 saturated heterocycles. The smallest absolute Gasteiger partial charge is 0.414 e. The van der Waals surface area contributed by atoms with Crippen molar-refractivity contribution >= 4 is 11.9 Å². The number of hydrogen-bond acceptors (Lipinski definition) is 6. The van der Waals surface area contributed by atoms with E-state index in [1.54, 1.807) is 21.3 Å². The van der Waals surface area contributed by atoms with Crippen LogP contribution in [0, 0.1) is 0 Å². The lowest BCUT2D eigenvalue weighted by molar-refractivity contribution is -0.159. The molecule has 0 heterocycles. The fraction of sp³-hybridized carbons (Fsp3) is 0.429. The Morgan fingerprint density at radius 2 is 1.64 bits per heavy atom. The van der Waals surface area contributed by atoms with Gasteiger partial charge in [-0.25, -0.2) is 9.59 Å². The van der Waals surface area contributed by atoms with Gasteiger partial charge in [0.25, 0.3) is 0 Å². The second-order valence-electron chi connectivity index (χ2n) is 3.97. The highest BCUT2D eigenvalue weighted by atomic mass is 16.5. The van der Waals surface area contributed by atoms with Crippen LogP contribution >= 0.6 is 0 Å². The van der Waals surface area contributed by atoms with Crippen LogP contribution in [0.4, 0.5) is 0 Å². The van der Waals surface area contributed by atoms with E-state index >= 15 is 0 Å². The first kappa shape index (κ1) is 19.7. The Balaban J connectivity index is 0.000000626. The van der Waals surface area contributed by atoms with E-state index in [0.717, 1.165) is 30.2 Å². The van der Waals surface area contributed by atoms with Crippen molar-refractivity contribution in [3.05, 3.63) is 23.8 Å². The van der Waals surface area contributed by atoms with Crippen LogP contribution in [0.1, 0.15) is 5.56 Å². The Hall–Kier alpha value is -2.32. The molecule has 0 atom stereocenters. The number of benzene rings is 1. The third-order valence-corrected chi connectivity index (χ3v) is 2.44. The van der Waals surface area contributed by atoms with Gasteiger partial charge in [-0.3, -0.25) is 0 Å². The minimum absolute atomic E-state index is 0.716. The zero-order valence-corrected chi connectivity index (χ0v) is 12.8. The Morgan fingerprint density at radius 1 is 1.05 bits per heavy atom. The maximum atomic E-state index is 9.10. The van der Waals surface area contributed by atoms with E-state index in [-0.39, 0.29) is 0 Å². The molecular formula is C14H21NO7. The van der Waals surface area contributed by atoms with Crippen LogP contribution < -0.4 is 14.8 Å². The minimum Gasteiger partial charge on any atom is -0.493 e. The van der Waals surface area contributed by atoms with E-state index in [0.29, 0.717) is 6.61 Å². The molecule has 0 bridgehead atoms. The van der Waals surface area contributed by atoms with Gasteiger partial charge in [-0.15, -0.1) is 0 Å². The van der Waals surface area contributed by atoms with Crippen LogP contribution in [-0.4, -0.2) is 56.6 Å². The minimum atomic E-state index is -1.82. The molecule has 8 heteroatoms. The van der Waals surface area contributed by atoms with Crippen LogP contribution in [0.5, 0.6) is 11.5 Å². The molecule has 0 fully saturated rings. The van der Waals surface area contributed by atoms with Crippen LogP contribution in [0.3, 0.4) is 0 Å². The number of carbonyl (C=O) groups is 2. The molecular weight excluding hydrogens is 294 g/mol. The molecule has 3 N–H and O–H groups in total. The summed E-state index contributed by atoms with van der Waals surface area (Å²) >= 11 is 0. The second kappa shape index (κ2) is 11.4. The van der Waals surface area contributed by atoms with Crippen LogP contribution in [-0.2, 0) is 20.9 Å². The van der Waals surface area contributed by atoms with E-state index in [1.165, 1.54) is 0 Å². The summed E-state index contributed by atoms with van der Waals surface area (Å²) < 4.78 is 15.3. The highest BCUT2D eigenvalue weighted by Crippen LogP contribution is 2.27. The Morgan fingerprint density at radius 3 is 2.09 bits per heavy atom. The number of aliphatic carboxylic acids is 2. The van der Waals surface area contributed by atoms with Crippen molar-refractivity contribution in [3.63, 3.8) is 0 Å². The second-order valence-corrected chi connectivity index (χ2v) is 3.97. The van der Waals surface area contributed by atoms with Gasteiger partial charge in [0.1, 0.15) is 0 Å². The van der Waals surface area contributed by atoms with Crippen molar-refractivity contribution in [1.82, 2.24) is 5.32 Å². The number of rotatable bonds is 7. The summed E-state index contributed by atoms with van der Waals surface area (Å²) in [6, 6.07) is 5.89. The molecule has 124 valence electrons. The Labute approximate surface area is 128 Å². The lowest BCUT2D eigenvalue weighted by Crippen LogP contribution is -2.18. The molecule has 1 aromatic carbocycles. The van der Waals surface area contributed by atoms with Crippen LogP contribution in [0.2, 0.25) is 0 Å². The quantitative estimate of drug-likeness (QED) is 0.495. The van der Waals surface area contributed by atoms with Gasteiger partial charge in [0, 0.05) is 20.2 Å². The van der Waals surface area contributed by atoms with Gasteiger partial charge in [-0.1, -0.05) is 6.07 Å². The number of nitrogens with one attached hydrogen (secondary N) is 1. The lowest BCUT2D eigenvalue weighted by Gasteiger charge is -2.10. The number of carboxylic acid groups (broad SMARTS) is 2. The molecule has 0 saturated carbocycles. The van der Waals surface area contributed by atoms with Gasteiger partial charge in [0.05, 0.1) is 20.8 Å². The monoisotopic (exact) mass is 315 g/mol. The lowest BCUT2D eigenvalue weighted by atomic mass is 10.2. The van der Waals surface area contributed by atoms with Gasteiger partial charge in [0.2, 0.25) is 0 Å². The molecule has 0 aliphatic carbocycles. The molecule has 0 spiro atoms. The number of hydrogen-bond donors (Lipinski definition) is 3. The summed E-state index contributed by atoms with van der Waals surface area (Å²) in [6.07, 6.45) is 0. The summed E-state index contributed by atoms with van der Waals surface area (Å²) in [5, 5.41) is 18.1. The summed E-state index contributed by atoms with van der Waals surface area (Å²) in [7, 11) is 4.96. The molecule has 0 aromatic heterocycles. The highest BCUT2D eigenvalue weighted by Gasteiger charge is 2.04. The Bertz CT molecular complexity index is 464. The predicted octanol–water partition coefficient (Wildman–Crippen LogP) is 0.595. The summed E-state index contributed by atoms with van der Waals surface area (Å²) in [4.78, 5) is 18.2. The van der Waals surface area contributed by atoms with Gasteiger partial charge >= 0.3 is 11.9 Å². The van der Waals surface area contributed by atoms with Crippen molar-refractivity contribution < 1.29 is 34.0 Å². The van der Waals surface area contributed by atoms with Crippen molar-refractivity contribution in [2.24, 2.45) is 0 Å². The van der Waals surface area contributed by atoms with Crippen molar-refractivity contribution in [1.29, 1.82) is 0 Å². The van der Waals surface area contributed by atoms with Crippen molar-refractivity contribution in [2.45, 2.75) is 6.54 Å². The van der Waals surface area contributed by atoms with Gasteiger partial charge in [-0.05, 0) is 17.7 Å². The molecule has 1 aromatic rings. The third-order valence-electron chi connectivity index (χ3n) is 2.44. The van der Waals surface area contributed by atoms with Crippen molar-refractivity contribution in [2.75, 3.05) is 34.5 Å². The van der Waals surface area contributed by atoms with Gasteiger partial charge < -0.3 is 29.7 Å². The van der Waals surface area contributed by atoms with E-state index in [1.807, 2.05) is 18.2 Å². The molecule has 1 rings (SSSR count). The normalized spacial score (nSPS) is 9.41. The fourth-order valence-electron chi connectivity index (χ4n) is 1.40. The first-order valence-electron chi connectivity index (χ1n) is 6.33. The predicted molar refractivity (Wildman–Crippen MR) is 78.4 cm³/mol. The van der Waals surface area contributed by atoms with Gasteiger partial charge in [0.15, 0.2) is 11.5 Å². The zero-order chi connectivity index (χ0) is 17.0. The number of methoxy groups -OCH3 is 3. The summed E-state index contributed by atoms with van der Waals surface area (Å²) in [6.45, 7) is 2.35. The SMILES string of the molecule is COCCNCc1ccc(OC)c(OC)c1.O=C(O)C(=O)O. The summed E-state index contributed by atoms with van der Waals surface area (Å²) in [5.41, 5.74) is 1.16. The van der Waals surface area contributed by atoms with E-state index in [4.69, 9.17) is 34.0 Å². The van der Waals surface area contributed by atoms with Gasteiger partial charge in [-0.2, -0.15) is 0 Å². The molecule has 22 heavy (non-hydrogen) atoms. The van der Waals surface area contributed by atoms with E-state index < -0.39 is 11.9 Å². The first-order chi connectivity index (χ1) is 10.5. The zero-order valence-electron chi connectivity index (χ0n) is 12.8. The molecule has 0 aliphatic heterocycles. The summed E-state index contributed by atoms with van der Waals surface area (Å²) in [5.74, 6) is -2.14. The highest BCUT2D eigenvalue weighted by molar-refractivity contribution is 6.27. The largest absolute Gasteiger partial charge is 0.493 e. The van der Waals surface area contributed by atoms with Crippen molar-refractivity contribution in [3.8, 4) is 11.5 Å². The van der Waals surface area contributed by atoms with Crippen LogP contribution in [0.25, 0.3) is 0 Å². The number of carboxylic acids is 2.